The van der Waals surface area contributed by atoms with E-state index in [1.165, 1.54) is 0 Å². The highest BCUT2D eigenvalue weighted by molar-refractivity contribution is 8.13. The third-order valence-electron chi connectivity index (χ3n) is 1.87. The van der Waals surface area contributed by atoms with Crippen molar-refractivity contribution in [2.75, 3.05) is 0 Å². The summed E-state index contributed by atoms with van der Waals surface area (Å²) in [4.78, 5) is 1.69. The molecular weight excluding hydrogens is 356 g/mol. The highest BCUT2D eigenvalue weighted by Crippen LogP contribution is 2.34. The number of nitrogens with zero attached hydrogens (tertiary/aromatic N) is 1. The Morgan fingerprint density at radius 2 is 1.90 bits per heavy atom. The van der Waals surface area contributed by atoms with Gasteiger partial charge in [-0.25, -0.2) is 22.2 Å². The van der Waals surface area contributed by atoms with Crippen LogP contribution >= 0.6 is 22.3 Å². The Balaban J connectivity index is 3.55. The van der Waals surface area contributed by atoms with Gasteiger partial charge in [-0.05, 0) is 5.56 Å². The van der Waals surface area contributed by atoms with E-state index in [1.807, 2.05) is 0 Å². The molecule has 0 aliphatic heterocycles. The Morgan fingerprint density at radius 3 is 2.25 bits per heavy atom. The van der Waals surface area contributed by atoms with E-state index in [-0.39, 0.29) is 0 Å². The zero-order valence-electron chi connectivity index (χ0n) is 9.09. The van der Waals surface area contributed by atoms with Crippen molar-refractivity contribution in [2.24, 2.45) is 0 Å². The van der Waals surface area contributed by atoms with Crippen molar-refractivity contribution in [1.82, 2.24) is 4.98 Å². The molecule has 4 nitrogen and oxygen atoms in total. The predicted molar refractivity (Wildman–Crippen MR) is 58.5 cm³/mol. The van der Waals surface area contributed by atoms with Gasteiger partial charge in [-0.2, -0.15) is 0 Å². The zero-order chi connectivity index (χ0) is 15.7. The quantitative estimate of drug-likeness (QED) is 0.468. The molecule has 0 spiro atoms. The van der Waals surface area contributed by atoms with E-state index in [2.05, 4.69) is 9.72 Å². The maximum atomic E-state index is 12.7. The highest BCUT2D eigenvalue weighted by atomic mass is 35.7. The molecule has 0 atom stereocenters. The minimum atomic E-state index is -5.18. The van der Waals surface area contributed by atoms with Crippen molar-refractivity contribution in [3.05, 3.63) is 17.3 Å². The molecule has 1 heterocycles. The molecule has 20 heavy (non-hydrogen) atoms. The minimum absolute atomic E-state index is 0.474. The maximum Gasteiger partial charge on any atom is 0.574 e. The first-order valence-electron chi connectivity index (χ1n) is 4.54. The lowest BCUT2D eigenvalue weighted by Crippen LogP contribution is -2.19. The lowest BCUT2D eigenvalue weighted by atomic mass is 10.2. The molecule has 0 saturated heterocycles. The van der Waals surface area contributed by atoms with Gasteiger partial charge in [0.05, 0.1) is 0 Å². The topological polar surface area (TPSA) is 56.3 Å². The van der Waals surface area contributed by atoms with E-state index >= 15 is 0 Å². The standard InChI is InChI=1S/C8H4Cl2F5NO3S/c9-2-3-1-4(19-8(13,14)15)16-5(7(11)12)6(3)20(10,17)18/h1,7H,2H2. The monoisotopic (exact) mass is 359 g/mol. The summed E-state index contributed by atoms with van der Waals surface area (Å²) in [6.07, 6.45) is -8.67. The molecule has 1 aromatic heterocycles. The molecule has 0 unspecified atom stereocenters. The average Bonchev–Trinajstić information content (AvgIpc) is 2.23. The van der Waals surface area contributed by atoms with Gasteiger partial charge in [-0.3, -0.25) is 0 Å². The van der Waals surface area contributed by atoms with Crippen LogP contribution < -0.4 is 4.74 Å². The fraction of sp³-hybridized carbons (Fsp3) is 0.375. The molecule has 0 fully saturated rings. The summed E-state index contributed by atoms with van der Waals surface area (Å²) in [5.74, 6) is -1.94. The molecule has 0 bridgehead atoms. The van der Waals surface area contributed by atoms with Crippen LogP contribution in [0.2, 0.25) is 0 Å². The van der Waals surface area contributed by atoms with Crippen LogP contribution in [-0.2, 0) is 14.9 Å². The Bertz CT molecular complexity index is 605. The van der Waals surface area contributed by atoms with Crippen molar-refractivity contribution in [3.8, 4) is 5.88 Å². The molecule has 1 rings (SSSR count). The first-order valence-corrected chi connectivity index (χ1v) is 7.38. The van der Waals surface area contributed by atoms with Gasteiger partial charge in [0.25, 0.3) is 15.5 Å². The van der Waals surface area contributed by atoms with Crippen LogP contribution in [0.15, 0.2) is 11.0 Å². The molecule has 0 aromatic carbocycles. The number of alkyl halides is 6. The van der Waals surface area contributed by atoms with Crippen LogP contribution in [-0.4, -0.2) is 19.8 Å². The molecule has 0 radical (unpaired) electrons. The van der Waals surface area contributed by atoms with Crippen molar-refractivity contribution in [2.45, 2.75) is 23.6 Å². The van der Waals surface area contributed by atoms with Crippen LogP contribution in [0, 0.1) is 0 Å². The largest absolute Gasteiger partial charge is 0.574 e. The van der Waals surface area contributed by atoms with E-state index in [4.69, 9.17) is 22.3 Å². The summed E-state index contributed by atoms with van der Waals surface area (Å²) >= 11 is 5.33. The normalized spacial score (nSPS) is 12.8. The van der Waals surface area contributed by atoms with Gasteiger partial charge in [0.2, 0.25) is 5.88 Å². The summed E-state index contributed by atoms with van der Waals surface area (Å²) < 4.78 is 87.3. The number of aromatic nitrogens is 1. The summed E-state index contributed by atoms with van der Waals surface area (Å²) in [6.45, 7) is 0. The van der Waals surface area contributed by atoms with E-state index in [0.29, 0.717) is 6.07 Å². The second-order valence-corrected chi connectivity index (χ2v) is 6.02. The summed E-state index contributed by atoms with van der Waals surface area (Å²) in [5.41, 5.74) is -2.04. The van der Waals surface area contributed by atoms with Crippen LogP contribution in [0.3, 0.4) is 0 Å². The summed E-state index contributed by atoms with van der Waals surface area (Å²) in [5, 5.41) is 0. The fourth-order valence-electron chi connectivity index (χ4n) is 1.28. The predicted octanol–water partition coefficient (Wildman–Crippen LogP) is 3.58. The van der Waals surface area contributed by atoms with E-state index in [9.17, 15) is 30.4 Å². The van der Waals surface area contributed by atoms with Crippen LogP contribution in [0.5, 0.6) is 5.88 Å². The molecule has 0 amide bonds. The Labute approximate surface area is 118 Å². The molecular formula is C8H4Cl2F5NO3S. The average molecular weight is 360 g/mol. The molecule has 0 saturated carbocycles. The zero-order valence-corrected chi connectivity index (χ0v) is 11.4. The van der Waals surface area contributed by atoms with Gasteiger partial charge < -0.3 is 4.74 Å². The molecule has 12 heteroatoms. The smallest absolute Gasteiger partial charge is 0.388 e. The molecule has 114 valence electrons. The van der Waals surface area contributed by atoms with E-state index < -0.39 is 49.8 Å². The highest BCUT2D eigenvalue weighted by Gasteiger charge is 2.34. The van der Waals surface area contributed by atoms with Gasteiger partial charge in [0.15, 0.2) is 0 Å². The Hall–Kier alpha value is -0.870. The van der Waals surface area contributed by atoms with E-state index in [0.717, 1.165) is 0 Å². The number of ether oxygens (including phenoxy) is 1. The third-order valence-corrected chi connectivity index (χ3v) is 3.58. The van der Waals surface area contributed by atoms with Crippen LogP contribution in [0.1, 0.15) is 17.7 Å². The molecule has 0 aliphatic carbocycles. The molecule has 0 aliphatic rings. The van der Waals surface area contributed by atoms with Crippen molar-refractivity contribution in [1.29, 1.82) is 0 Å². The lowest BCUT2D eigenvalue weighted by molar-refractivity contribution is -0.276. The van der Waals surface area contributed by atoms with E-state index in [1.54, 1.807) is 0 Å². The summed E-state index contributed by atoms with van der Waals surface area (Å²) in [6, 6.07) is 0.474. The fourth-order valence-corrected chi connectivity index (χ4v) is 2.93. The number of hydrogen-bond acceptors (Lipinski definition) is 4. The van der Waals surface area contributed by atoms with Crippen LogP contribution in [0.4, 0.5) is 22.0 Å². The number of halogens is 7. The van der Waals surface area contributed by atoms with Crippen molar-refractivity contribution < 1.29 is 35.1 Å². The van der Waals surface area contributed by atoms with Crippen molar-refractivity contribution in [3.63, 3.8) is 0 Å². The maximum absolute atomic E-state index is 12.7. The first-order chi connectivity index (χ1) is 8.95. The second-order valence-electron chi connectivity index (χ2n) is 3.25. The summed E-state index contributed by atoms with van der Waals surface area (Å²) in [7, 11) is 0.281. The lowest BCUT2D eigenvalue weighted by Gasteiger charge is -2.13. The van der Waals surface area contributed by atoms with Gasteiger partial charge in [0.1, 0.15) is 10.6 Å². The molecule has 0 N–H and O–H groups in total. The third kappa shape index (κ3) is 4.32. The molecule has 1 aromatic rings. The van der Waals surface area contributed by atoms with Crippen molar-refractivity contribution >= 4 is 31.3 Å². The van der Waals surface area contributed by atoms with Gasteiger partial charge in [-0.15, -0.1) is 24.8 Å². The number of pyridine rings is 1. The number of hydrogen-bond donors (Lipinski definition) is 0. The Kier molecular flexibility index (Phi) is 5.03. The first kappa shape index (κ1) is 17.2. The Morgan fingerprint density at radius 1 is 1.35 bits per heavy atom. The van der Waals surface area contributed by atoms with Gasteiger partial charge in [0, 0.05) is 22.6 Å². The SMILES string of the molecule is O=S(=O)(Cl)c1c(CCl)cc(OC(F)(F)F)nc1C(F)F. The van der Waals surface area contributed by atoms with Crippen LogP contribution in [0.25, 0.3) is 0 Å². The minimum Gasteiger partial charge on any atom is -0.388 e. The van der Waals surface area contributed by atoms with Gasteiger partial charge in [-0.1, -0.05) is 0 Å². The number of rotatable bonds is 4. The van der Waals surface area contributed by atoms with Gasteiger partial charge >= 0.3 is 6.36 Å². The second kappa shape index (κ2) is 5.86.